The number of benzene rings is 3. The first-order valence-corrected chi connectivity index (χ1v) is 9.69. The van der Waals surface area contributed by atoms with Gasteiger partial charge in [-0.3, -0.25) is 9.59 Å². The van der Waals surface area contributed by atoms with Gasteiger partial charge in [-0.2, -0.15) is 0 Å². The number of rotatable bonds is 8. The smallest absolute Gasteiger partial charge is 0.310 e. The molecule has 1 aromatic heterocycles. The number of hydrogen-bond donors (Lipinski definition) is 1. The second-order valence-corrected chi connectivity index (χ2v) is 6.77. The molecule has 4 aromatic rings. The van der Waals surface area contributed by atoms with Gasteiger partial charge in [0.25, 0.3) is 5.91 Å². The Morgan fingerprint density at radius 2 is 1.73 bits per heavy atom. The van der Waals surface area contributed by atoms with E-state index in [1.165, 1.54) is 0 Å². The quantitative estimate of drug-likeness (QED) is 0.357. The van der Waals surface area contributed by atoms with Crippen LogP contribution in [-0.4, -0.2) is 31.6 Å². The maximum atomic E-state index is 12.2. The molecule has 0 aliphatic carbocycles. The maximum absolute atomic E-state index is 12.2. The Bertz CT molecular complexity index is 1170. The zero-order chi connectivity index (χ0) is 20.8. The Balaban J connectivity index is 1.27. The molecule has 0 bridgehead atoms. The van der Waals surface area contributed by atoms with Gasteiger partial charge in [-0.15, -0.1) is 0 Å². The van der Waals surface area contributed by atoms with Crippen LogP contribution in [0.4, 0.5) is 0 Å². The number of fused-ring (bicyclic) bond motifs is 3. The van der Waals surface area contributed by atoms with Gasteiger partial charge in [0.1, 0.15) is 17.9 Å². The highest BCUT2D eigenvalue weighted by atomic mass is 16.5. The average Bonchev–Trinajstić information content (AvgIpc) is 3.19. The summed E-state index contributed by atoms with van der Waals surface area (Å²) in [5.74, 6) is -0.123. The Morgan fingerprint density at radius 3 is 2.60 bits per heavy atom. The number of hydrogen-bond acceptors (Lipinski definition) is 5. The van der Waals surface area contributed by atoms with Crippen LogP contribution >= 0.6 is 0 Å². The van der Waals surface area contributed by atoms with Crippen LogP contribution in [0.5, 0.6) is 5.75 Å². The standard InChI is InChI=1S/C24H21NO5/c26-22(25-12-13-28-19-7-2-1-3-8-19)16-30-23(27)14-18-15-29-21-11-10-17-6-4-5-9-20(17)24(18)21/h1-11,15H,12-14,16H2,(H,25,26). The number of carbonyl (C=O) groups excluding carboxylic acids is 2. The SMILES string of the molecule is O=C(COC(=O)Cc1coc2ccc3ccccc3c12)NCCOc1ccccc1. The molecule has 0 unspecified atom stereocenters. The van der Waals surface area contributed by atoms with Crippen LogP contribution < -0.4 is 10.1 Å². The molecule has 1 N–H and O–H groups in total. The molecule has 1 amide bonds. The van der Waals surface area contributed by atoms with Crippen molar-refractivity contribution in [2.75, 3.05) is 19.8 Å². The number of nitrogens with one attached hydrogen (secondary N) is 1. The molecular weight excluding hydrogens is 382 g/mol. The van der Waals surface area contributed by atoms with Gasteiger partial charge in [0.15, 0.2) is 6.61 Å². The Morgan fingerprint density at radius 1 is 0.933 bits per heavy atom. The Labute approximate surface area is 173 Å². The van der Waals surface area contributed by atoms with Gasteiger partial charge < -0.3 is 19.2 Å². The summed E-state index contributed by atoms with van der Waals surface area (Å²) in [5, 5.41) is 5.64. The van der Waals surface area contributed by atoms with Crippen molar-refractivity contribution in [3.63, 3.8) is 0 Å². The van der Waals surface area contributed by atoms with Crippen LogP contribution in [0.3, 0.4) is 0 Å². The molecule has 1 heterocycles. The molecule has 3 aromatic carbocycles. The van der Waals surface area contributed by atoms with Crippen LogP contribution in [0.15, 0.2) is 77.4 Å². The zero-order valence-electron chi connectivity index (χ0n) is 16.3. The molecule has 0 aliphatic rings. The first-order valence-electron chi connectivity index (χ1n) is 9.69. The lowest BCUT2D eigenvalue weighted by Crippen LogP contribution is -2.32. The molecule has 0 atom stereocenters. The predicted molar refractivity (Wildman–Crippen MR) is 113 cm³/mol. The molecule has 0 radical (unpaired) electrons. The van der Waals surface area contributed by atoms with E-state index in [9.17, 15) is 9.59 Å². The fourth-order valence-electron chi connectivity index (χ4n) is 3.28. The molecule has 0 saturated carbocycles. The van der Waals surface area contributed by atoms with E-state index in [-0.39, 0.29) is 18.9 Å². The van der Waals surface area contributed by atoms with E-state index in [4.69, 9.17) is 13.9 Å². The summed E-state index contributed by atoms with van der Waals surface area (Å²) >= 11 is 0. The Hall–Kier alpha value is -3.80. The third kappa shape index (κ3) is 4.60. The molecule has 0 fully saturated rings. The van der Waals surface area contributed by atoms with Gasteiger partial charge >= 0.3 is 5.97 Å². The van der Waals surface area contributed by atoms with Gasteiger partial charge in [-0.05, 0) is 29.0 Å². The molecule has 152 valence electrons. The monoisotopic (exact) mass is 403 g/mol. The highest BCUT2D eigenvalue weighted by Gasteiger charge is 2.15. The van der Waals surface area contributed by atoms with E-state index in [1.54, 1.807) is 6.26 Å². The maximum Gasteiger partial charge on any atom is 0.310 e. The van der Waals surface area contributed by atoms with Crippen molar-refractivity contribution < 1.29 is 23.5 Å². The summed E-state index contributed by atoms with van der Waals surface area (Å²) < 4.78 is 16.2. The van der Waals surface area contributed by atoms with Crippen molar-refractivity contribution in [1.82, 2.24) is 5.32 Å². The van der Waals surface area contributed by atoms with Crippen LogP contribution in [0.1, 0.15) is 5.56 Å². The number of furan rings is 1. The minimum Gasteiger partial charge on any atom is -0.492 e. The topological polar surface area (TPSA) is 77.8 Å². The molecule has 0 saturated heterocycles. The fraction of sp³-hybridized carbons (Fsp3) is 0.167. The summed E-state index contributed by atoms with van der Waals surface area (Å²) in [7, 11) is 0. The zero-order valence-corrected chi connectivity index (χ0v) is 16.3. The summed E-state index contributed by atoms with van der Waals surface area (Å²) in [6, 6.07) is 21.1. The lowest BCUT2D eigenvalue weighted by Gasteiger charge is -2.08. The molecule has 6 nitrogen and oxygen atoms in total. The number of carbonyl (C=O) groups is 2. The minimum atomic E-state index is -0.485. The number of para-hydroxylation sites is 1. The summed E-state index contributed by atoms with van der Waals surface area (Å²) in [5.41, 5.74) is 1.45. The minimum absolute atomic E-state index is 0.0331. The molecular formula is C24H21NO5. The van der Waals surface area contributed by atoms with Crippen molar-refractivity contribution in [2.24, 2.45) is 0 Å². The second-order valence-electron chi connectivity index (χ2n) is 6.77. The van der Waals surface area contributed by atoms with E-state index < -0.39 is 5.97 Å². The lowest BCUT2D eigenvalue weighted by atomic mass is 10.0. The highest BCUT2D eigenvalue weighted by molar-refractivity contribution is 6.08. The van der Waals surface area contributed by atoms with Crippen molar-refractivity contribution in [3.05, 3.63) is 78.6 Å². The van der Waals surface area contributed by atoms with E-state index in [2.05, 4.69) is 5.32 Å². The molecule has 0 aliphatic heterocycles. The number of ether oxygens (including phenoxy) is 2. The lowest BCUT2D eigenvalue weighted by molar-refractivity contribution is -0.147. The van der Waals surface area contributed by atoms with Crippen molar-refractivity contribution in [3.8, 4) is 5.75 Å². The molecule has 4 rings (SSSR count). The molecule has 0 spiro atoms. The van der Waals surface area contributed by atoms with Crippen LogP contribution in [0.2, 0.25) is 0 Å². The van der Waals surface area contributed by atoms with Crippen LogP contribution in [0.25, 0.3) is 21.7 Å². The van der Waals surface area contributed by atoms with Crippen LogP contribution in [0, 0.1) is 0 Å². The first-order chi connectivity index (χ1) is 14.7. The largest absolute Gasteiger partial charge is 0.492 e. The van der Waals surface area contributed by atoms with Gasteiger partial charge in [0.2, 0.25) is 0 Å². The fourth-order valence-corrected chi connectivity index (χ4v) is 3.28. The van der Waals surface area contributed by atoms with Crippen LogP contribution in [-0.2, 0) is 20.7 Å². The molecule has 30 heavy (non-hydrogen) atoms. The third-order valence-corrected chi connectivity index (χ3v) is 4.68. The van der Waals surface area contributed by atoms with Gasteiger partial charge in [-0.1, -0.05) is 48.5 Å². The third-order valence-electron chi connectivity index (χ3n) is 4.68. The number of amides is 1. The van der Waals surface area contributed by atoms with E-state index in [0.29, 0.717) is 18.7 Å². The van der Waals surface area contributed by atoms with Crippen molar-refractivity contribution in [1.29, 1.82) is 0 Å². The summed E-state index contributed by atoms with van der Waals surface area (Å²) in [6.45, 7) is 0.322. The number of esters is 1. The predicted octanol–water partition coefficient (Wildman–Crippen LogP) is 3.87. The first kappa shape index (κ1) is 19.5. The summed E-state index contributed by atoms with van der Waals surface area (Å²) in [4.78, 5) is 24.1. The molecule has 6 heteroatoms. The second kappa shape index (κ2) is 9.13. The highest BCUT2D eigenvalue weighted by Crippen LogP contribution is 2.30. The van der Waals surface area contributed by atoms with E-state index >= 15 is 0 Å². The average molecular weight is 403 g/mol. The Kier molecular flexibility index (Phi) is 5.94. The van der Waals surface area contributed by atoms with Crippen molar-refractivity contribution in [2.45, 2.75) is 6.42 Å². The van der Waals surface area contributed by atoms with Gasteiger partial charge in [-0.25, -0.2) is 0 Å². The normalized spacial score (nSPS) is 10.8. The summed E-state index contributed by atoms with van der Waals surface area (Å²) in [6.07, 6.45) is 1.60. The van der Waals surface area contributed by atoms with E-state index in [1.807, 2.05) is 66.7 Å². The van der Waals surface area contributed by atoms with Gasteiger partial charge in [0, 0.05) is 10.9 Å². The van der Waals surface area contributed by atoms with Crippen molar-refractivity contribution >= 4 is 33.6 Å². The van der Waals surface area contributed by atoms with Gasteiger partial charge in [0.05, 0.1) is 19.2 Å². The van der Waals surface area contributed by atoms with E-state index in [0.717, 1.165) is 27.5 Å².